The third kappa shape index (κ3) is 4.50. The molecule has 0 fully saturated rings. The van der Waals surface area contributed by atoms with E-state index in [1.165, 1.54) is 11.9 Å². The molecule has 0 aliphatic carbocycles. The molecular formula is C26H28N8O. The van der Waals surface area contributed by atoms with Crippen LogP contribution in [0.1, 0.15) is 44.4 Å². The van der Waals surface area contributed by atoms with E-state index >= 15 is 0 Å². The minimum atomic E-state index is -0.995. The second-order valence-electron chi connectivity index (χ2n) is 9.96. The fraction of sp³-hybridized carbons (Fsp3) is 0.269. The predicted octanol–water partition coefficient (Wildman–Crippen LogP) is 3.93. The van der Waals surface area contributed by atoms with Gasteiger partial charge in [-0.2, -0.15) is 5.10 Å². The smallest absolute Gasteiger partial charge is 0.219 e. The molecule has 0 unspecified atom stereocenters. The van der Waals surface area contributed by atoms with Gasteiger partial charge in [-0.1, -0.05) is 26.0 Å². The van der Waals surface area contributed by atoms with E-state index in [1.807, 2.05) is 24.3 Å². The average Bonchev–Trinajstić information content (AvgIpc) is 3.49. The Morgan fingerprint density at radius 1 is 1.00 bits per heavy atom. The van der Waals surface area contributed by atoms with Gasteiger partial charge in [0.15, 0.2) is 0 Å². The van der Waals surface area contributed by atoms with Gasteiger partial charge >= 0.3 is 0 Å². The molecule has 9 nitrogen and oxygen atoms in total. The molecule has 3 aromatic heterocycles. The molecule has 0 aliphatic rings. The van der Waals surface area contributed by atoms with E-state index in [2.05, 4.69) is 51.0 Å². The lowest BCUT2D eigenvalue weighted by molar-refractivity contribution is 0.0786. The fourth-order valence-corrected chi connectivity index (χ4v) is 4.27. The summed E-state index contributed by atoms with van der Waals surface area (Å²) in [7, 11) is 0. The molecule has 0 radical (unpaired) electrons. The summed E-state index contributed by atoms with van der Waals surface area (Å²) in [5.41, 5.74) is 10.9. The standard InChI is InChI=1S/C26H28N8O/c1-25(2,11-16-12-29-24(27)30-13-16)17-5-7-20-21(10-17)33-23(32-20)19-9-18(26(3,4)35)6-8-22(19)34-15-28-14-31-34/h5-10,12-15,35H,11H2,1-4H3,(H,32,33)(H2,27,29,30). The van der Waals surface area contributed by atoms with Gasteiger partial charge in [0.25, 0.3) is 0 Å². The molecule has 35 heavy (non-hydrogen) atoms. The molecule has 3 heterocycles. The van der Waals surface area contributed by atoms with Gasteiger partial charge in [-0.25, -0.2) is 24.6 Å². The molecule has 0 aliphatic heterocycles. The van der Waals surface area contributed by atoms with Crippen LogP contribution < -0.4 is 5.73 Å². The Labute approximate surface area is 203 Å². The van der Waals surface area contributed by atoms with Gasteiger partial charge in [0.1, 0.15) is 18.5 Å². The lowest BCUT2D eigenvalue weighted by atomic mass is 9.79. The third-order valence-electron chi connectivity index (χ3n) is 6.26. The van der Waals surface area contributed by atoms with Crippen molar-refractivity contribution in [3.8, 4) is 17.1 Å². The van der Waals surface area contributed by atoms with Crippen LogP contribution in [0, 0.1) is 0 Å². The molecule has 9 heteroatoms. The van der Waals surface area contributed by atoms with Gasteiger partial charge in [0, 0.05) is 18.0 Å². The maximum absolute atomic E-state index is 10.6. The SMILES string of the molecule is CC(C)(O)c1ccc(-n2cncn2)c(-c2nc3ccc(C(C)(C)Cc4cnc(N)nc4)cc3[nH]2)c1. The Morgan fingerprint density at radius 2 is 1.74 bits per heavy atom. The van der Waals surface area contributed by atoms with E-state index in [-0.39, 0.29) is 11.4 Å². The van der Waals surface area contributed by atoms with Crippen molar-refractivity contribution >= 4 is 17.0 Å². The molecule has 2 aromatic carbocycles. The highest BCUT2D eigenvalue weighted by Crippen LogP contribution is 2.33. The highest BCUT2D eigenvalue weighted by Gasteiger charge is 2.24. The first-order chi connectivity index (χ1) is 16.6. The van der Waals surface area contributed by atoms with Gasteiger partial charge in [0.2, 0.25) is 5.95 Å². The summed E-state index contributed by atoms with van der Waals surface area (Å²) in [5.74, 6) is 0.968. The van der Waals surface area contributed by atoms with Crippen LogP contribution in [-0.4, -0.2) is 39.8 Å². The summed E-state index contributed by atoms with van der Waals surface area (Å²) in [6, 6.07) is 12.0. The highest BCUT2D eigenvalue weighted by molar-refractivity contribution is 5.82. The van der Waals surface area contributed by atoms with Gasteiger partial charge < -0.3 is 15.8 Å². The van der Waals surface area contributed by atoms with Gasteiger partial charge in [-0.3, -0.25) is 0 Å². The first kappa shape index (κ1) is 22.7. The Bertz CT molecular complexity index is 1480. The van der Waals surface area contributed by atoms with Gasteiger partial charge in [0.05, 0.1) is 22.3 Å². The van der Waals surface area contributed by atoms with Crippen LogP contribution in [0.4, 0.5) is 5.95 Å². The Balaban J connectivity index is 1.56. The fourth-order valence-electron chi connectivity index (χ4n) is 4.27. The minimum absolute atomic E-state index is 0.161. The number of H-pyrrole nitrogens is 1. The number of nitrogen functional groups attached to an aromatic ring is 1. The molecule has 0 amide bonds. The number of nitrogens with two attached hydrogens (primary N) is 1. The maximum Gasteiger partial charge on any atom is 0.219 e. The number of aromatic nitrogens is 7. The number of fused-ring (bicyclic) bond motifs is 1. The monoisotopic (exact) mass is 468 g/mol. The van der Waals surface area contributed by atoms with E-state index in [9.17, 15) is 5.11 Å². The number of hydrogen-bond donors (Lipinski definition) is 3. The van der Waals surface area contributed by atoms with E-state index in [0.29, 0.717) is 5.82 Å². The molecule has 0 saturated heterocycles. The van der Waals surface area contributed by atoms with E-state index in [4.69, 9.17) is 10.7 Å². The second-order valence-corrected chi connectivity index (χ2v) is 9.96. The molecule has 0 atom stereocenters. The summed E-state index contributed by atoms with van der Waals surface area (Å²) < 4.78 is 1.69. The number of benzene rings is 2. The van der Waals surface area contributed by atoms with E-state index in [0.717, 1.165) is 39.8 Å². The van der Waals surface area contributed by atoms with Crippen molar-refractivity contribution in [3.05, 3.63) is 78.1 Å². The van der Waals surface area contributed by atoms with E-state index in [1.54, 1.807) is 37.3 Å². The zero-order valence-electron chi connectivity index (χ0n) is 20.2. The number of hydrogen-bond acceptors (Lipinski definition) is 7. The van der Waals surface area contributed by atoms with Crippen molar-refractivity contribution in [1.29, 1.82) is 0 Å². The maximum atomic E-state index is 10.6. The van der Waals surface area contributed by atoms with Crippen LogP contribution in [0.2, 0.25) is 0 Å². The Hall–Kier alpha value is -4.11. The second kappa shape index (κ2) is 8.28. The van der Waals surface area contributed by atoms with Crippen LogP contribution in [0.3, 0.4) is 0 Å². The molecule has 5 rings (SSSR count). The summed E-state index contributed by atoms with van der Waals surface area (Å²) in [6.45, 7) is 7.91. The molecular weight excluding hydrogens is 440 g/mol. The number of rotatable bonds is 6. The van der Waals surface area contributed by atoms with Crippen molar-refractivity contribution in [1.82, 2.24) is 34.7 Å². The Morgan fingerprint density at radius 3 is 2.43 bits per heavy atom. The van der Waals surface area contributed by atoms with Crippen molar-refractivity contribution in [2.24, 2.45) is 0 Å². The lowest BCUT2D eigenvalue weighted by Gasteiger charge is -2.25. The summed E-state index contributed by atoms with van der Waals surface area (Å²) in [6.07, 6.45) is 7.46. The third-order valence-corrected chi connectivity index (χ3v) is 6.26. The normalized spacial score (nSPS) is 12.4. The zero-order chi connectivity index (χ0) is 24.8. The minimum Gasteiger partial charge on any atom is -0.386 e. The first-order valence-electron chi connectivity index (χ1n) is 11.4. The molecule has 0 spiro atoms. The van der Waals surface area contributed by atoms with Crippen LogP contribution in [0.5, 0.6) is 0 Å². The largest absolute Gasteiger partial charge is 0.386 e. The molecule has 0 bridgehead atoms. The highest BCUT2D eigenvalue weighted by atomic mass is 16.3. The summed E-state index contributed by atoms with van der Waals surface area (Å²) in [5, 5.41) is 14.9. The van der Waals surface area contributed by atoms with Crippen molar-refractivity contribution in [2.75, 3.05) is 5.73 Å². The van der Waals surface area contributed by atoms with Crippen molar-refractivity contribution in [3.63, 3.8) is 0 Å². The van der Waals surface area contributed by atoms with Crippen molar-refractivity contribution in [2.45, 2.75) is 45.1 Å². The van der Waals surface area contributed by atoms with Crippen LogP contribution in [0.25, 0.3) is 28.1 Å². The number of nitrogens with zero attached hydrogens (tertiary/aromatic N) is 6. The lowest BCUT2D eigenvalue weighted by Crippen LogP contribution is -2.20. The van der Waals surface area contributed by atoms with Crippen LogP contribution in [-0.2, 0) is 17.4 Å². The molecule has 4 N–H and O–H groups in total. The predicted molar refractivity (Wildman–Crippen MR) is 135 cm³/mol. The zero-order valence-corrected chi connectivity index (χ0v) is 20.2. The number of anilines is 1. The molecule has 5 aromatic rings. The summed E-state index contributed by atoms with van der Waals surface area (Å²) in [4.78, 5) is 20.7. The van der Waals surface area contributed by atoms with Gasteiger partial charge in [-0.05, 0) is 66.6 Å². The quantitative estimate of drug-likeness (QED) is 0.344. The molecule has 0 saturated carbocycles. The van der Waals surface area contributed by atoms with Crippen molar-refractivity contribution < 1.29 is 5.11 Å². The van der Waals surface area contributed by atoms with Crippen LogP contribution in [0.15, 0.2) is 61.4 Å². The molecule has 178 valence electrons. The van der Waals surface area contributed by atoms with Crippen LogP contribution >= 0.6 is 0 Å². The number of imidazole rings is 1. The average molecular weight is 469 g/mol. The number of aromatic amines is 1. The number of nitrogens with one attached hydrogen (secondary N) is 1. The number of aliphatic hydroxyl groups is 1. The Kier molecular flexibility index (Phi) is 5.36. The summed E-state index contributed by atoms with van der Waals surface area (Å²) >= 11 is 0. The topological polar surface area (TPSA) is 131 Å². The van der Waals surface area contributed by atoms with E-state index < -0.39 is 5.60 Å². The van der Waals surface area contributed by atoms with Gasteiger partial charge in [-0.15, -0.1) is 0 Å². The first-order valence-corrected chi connectivity index (χ1v) is 11.4.